The average molecular weight is 234 g/mol. The molecule has 0 spiro atoms. The van der Waals surface area contributed by atoms with Crippen LogP contribution in [-0.2, 0) is 6.42 Å². The summed E-state index contributed by atoms with van der Waals surface area (Å²) in [5.41, 5.74) is 1.07. The van der Waals surface area contributed by atoms with Gasteiger partial charge in [-0.05, 0) is 31.6 Å². The van der Waals surface area contributed by atoms with Gasteiger partial charge in [-0.25, -0.2) is 0 Å². The zero-order valence-corrected chi connectivity index (χ0v) is 9.74. The zero-order chi connectivity index (χ0) is 10.6. The summed E-state index contributed by atoms with van der Waals surface area (Å²) in [7, 11) is 3.53. The molecule has 0 bridgehead atoms. The number of benzene rings is 1. The van der Waals surface area contributed by atoms with Crippen molar-refractivity contribution >= 4 is 23.2 Å². The highest BCUT2D eigenvalue weighted by Gasteiger charge is 2.07. The normalized spacial score (nSPS) is 10.3. The van der Waals surface area contributed by atoms with Gasteiger partial charge in [-0.3, -0.25) is 0 Å². The van der Waals surface area contributed by atoms with Crippen molar-refractivity contribution in [3.63, 3.8) is 0 Å². The van der Waals surface area contributed by atoms with Crippen molar-refractivity contribution in [3.8, 4) is 5.75 Å². The maximum absolute atomic E-state index is 5.91. The fraction of sp³-hybridized carbons (Fsp3) is 0.400. The second-order valence-electron chi connectivity index (χ2n) is 2.93. The summed E-state index contributed by atoms with van der Waals surface area (Å²) in [5, 5.41) is 4.16. The third-order valence-corrected chi connectivity index (χ3v) is 2.69. The van der Waals surface area contributed by atoms with Gasteiger partial charge in [0.05, 0.1) is 17.2 Å². The molecule has 0 aliphatic heterocycles. The molecule has 1 N–H and O–H groups in total. The molecular formula is C10H13Cl2NO. The number of hydrogen-bond donors (Lipinski definition) is 1. The Kier molecular flexibility index (Phi) is 4.52. The van der Waals surface area contributed by atoms with Crippen LogP contribution in [0.5, 0.6) is 5.75 Å². The molecule has 1 aromatic rings. The van der Waals surface area contributed by atoms with E-state index in [1.54, 1.807) is 13.2 Å². The first-order valence-corrected chi connectivity index (χ1v) is 5.11. The van der Waals surface area contributed by atoms with Crippen molar-refractivity contribution in [2.24, 2.45) is 0 Å². The van der Waals surface area contributed by atoms with Crippen LogP contribution in [0.15, 0.2) is 12.1 Å². The molecule has 2 nitrogen and oxygen atoms in total. The first kappa shape index (κ1) is 11.6. The minimum atomic E-state index is 0.525. The highest BCUT2D eigenvalue weighted by molar-refractivity contribution is 6.42. The van der Waals surface area contributed by atoms with Crippen LogP contribution >= 0.6 is 23.2 Å². The van der Waals surface area contributed by atoms with E-state index in [1.165, 1.54) is 0 Å². The topological polar surface area (TPSA) is 21.3 Å². The Balaban J connectivity index is 2.95. The largest absolute Gasteiger partial charge is 0.496 e. The van der Waals surface area contributed by atoms with E-state index in [-0.39, 0.29) is 0 Å². The van der Waals surface area contributed by atoms with Crippen LogP contribution in [0.1, 0.15) is 5.56 Å². The van der Waals surface area contributed by atoms with E-state index in [4.69, 9.17) is 27.9 Å². The molecule has 78 valence electrons. The third-order valence-electron chi connectivity index (χ3n) is 1.97. The number of ether oxygens (including phenoxy) is 1. The summed E-state index contributed by atoms with van der Waals surface area (Å²) in [5.74, 6) is 0.787. The molecule has 0 heterocycles. The van der Waals surface area contributed by atoms with Crippen molar-refractivity contribution in [3.05, 3.63) is 27.7 Å². The molecule has 0 aromatic heterocycles. The number of likely N-dealkylation sites (N-methyl/N-ethyl adjacent to an activating group) is 1. The van der Waals surface area contributed by atoms with Gasteiger partial charge in [-0.1, -0.05) is 23.2 Å². The number of hydrogen-bond acceptors (Lipinski definition) is 2. The first-order chi connectivity index (χ1) is 6.69. The molecule has 0 amide bonds. The number of halogens is 2. The van der Waals surface area contributed by atoms with Gasteiger partial charge in [0.25, 0.3) is 0 Å². The summed E-state index contributed by atoms with van der Waals surface area (Å²) in [6.45, 7) is 0.883. The lowest BCUT2D eigenvalue weighted by Gasteiger charge is -2.09. The molecule has 14 heavy (non-hydrogen) atoms. The Bertz CT molecular complexity index is 315. The van der Waals surface area contributed by atoms with Gasteiger partial charge in [-0.15, -0.1) is 0 Å². The predicted octanol–water partition coefficient (Wildman–Crippen LogP) is 2.76. The van der Waals surface area contributed by atoms with Gasteiger partial charge in [0.2, 0.25) is 0 Å². The monoisotopic (exact) mass is 233 g/mol. The van der Waals surface area contributed by atoms with Gasteiger partial charge in [0, 0.05) is 6.07 Å². The SMILES string of the molecule is CNCCc1cc(Cl)c(Cl)cc1OC. The Labute approximate surface area is 94.2 Å². The van der Waals surface area contributed by atoms with E-state index >= 15 is 0 Å². The fourth-order valence-electron chi connectivity index (χ4n) is 1.21. The van der Waals surface area contributed by atoms with Crippen molar-refractivity contribution in [1.29, 1.82) is 0 Å². The quantitative estimate of drug-likeness (QED) is 0.864. The molecule has 0 unspecified atom stereocenters. The van der Waals surface area contributed by atoms with Crippen LogP contribution < -0.4 is 10.1 Å². The lowest BCUT2D eigenvalue weighted by molar-refractivity contribution is 0.409. The van der Waals surface area contributed by atoms with E-state index in [0.29, 0.717) is 10.0 Å². The Hall–Kier alpha value is -0.440. The van der Waals surface area contributed by atoms with E-state index in [0.717, 1.165) is 24.3 Å². The maximum Gasteiger partial charge on any atom is 0.123 e. The summed E-state index contributed by atoms with van der Waals surface area (Å²) in [6.07, 6.45) is 0.872. The van der Waals surface area contributed by atoms with E-state index in [9.17, 15) is 0 Å². The van der Waals surface area contributed by atoms with E-state index < -0.39 is 0 Å². The second-order valence-corrected chi connectivity index (χ2v) is 3.75. The summed E-state index contributed by atoms with van der Waals surface area (Å²) >= 11 is 11.8. The van der Waals surface area contributed by atoms with Gasteiger partial charge in [-0.2, -0.15) is 0 Å². The first-order valence-electron chi connectivity index (χ1n) is 4.35. The standard InChI is InChI=1S/C10H13Cl2NO/c1-13-4-3-7-5-8(11)9(12)6-10(7)14-2/h5-6,13H,3-4H2,1-2H3. The molecule has 0 saturated heterocycles. The summed E-state index contributed by atoms with van der Waals surface area (Å²) in [4.78, 5) is 0. The fourth-order valence-corrected chi connectivity index (χ4v) is 1.55. The van der Waals surface area contributed by atoms with Crippen LogP contribution in [0.4, 0.5) is 0 Å². The summed E-state index contributed by atoms with van der Waals surface area (Å²) in [6, 6.07) is 3.59. The van der Waals surface area contributed by atoms with Crippen molar-refractivity contribution in [2.45, 2.75) is 6.42 Å². The number of methoxy groups -OCH3 is 1. The van der Waals surface area contributed by atoms with Gasteiger partial charge >= 0.3 is 0 Å². The molecular weight excluding hydrogens is 221 g/mol. The Morgan fingerprint density at radius 2 is 1.93 bits per heavy atom. The Morgan fingerprint density at radius 1 is 1.29 bits per heavy atom. The maximum atomic E-state index is 5.91. The third kappa shape index (κ3) is 2.77. The highest BCUT2D eigenvalue weighted by Crippen LogP contribution is 2.30. The number of rotatable bonds is 4. The van der Waals surface area contributed by atoms with Crippen LogP contribution in [-0.4, -0.2) is 20.7 Å². The zero-order valence-electron chi connectivity index (χ0n) is 8.23. The molecule has 0 fully saturated rings. The van der Waals surface area contributed by atoms with Crippen LogP contribution in [0, 0.1) is 0 Å². The average Bonchev–Trinajstić information content (AvgIpc) is 2.19. The van der Waals surface area contributed by atoms with Crippen LogP contribution in [0.2, 0.25) is 10.0 Å². The summed E-state index contributed by atoms with van der Waals surface area (Å²) < 4.78 is 5.21. The van der Waals surface area contributed by atoms with Crippen molar-refractivity contribution in [1.82, 2.24) is 5.32 Å². The van der Waals surface area contributed by atoms with Gasteiger partial charge < -0.3 is 10.1 Å². The van der Waals surface area contributed by atoms with E-state index in [1.807, 2.05) is 13.1 Å². The molecule has 0 aliphatic carbocycles. The molecule has 0 aliphatic rings. The van der Waals surface area contributed by atoms with Gasteiger partial charge in [0.15, 0.2) is 0 Å². The molecule has 0 atom stereocenters. The molecule has 1 aromatic carbocycles. The molecule has 1 rings (SSSR count). The van der Waals surface area contributed by atoms with Gasteiger partial charge in [0.1, 0.15) is 5.75 Å². The lowest BCUT2D eigenvalue weighted by Crippen LogP contribution is -2.10. The molecule has 0 radical (unpaired) electrons. The van der Waals surface area contributed by atoms with Crippen molar-refractivity contribution in [2.75, 3.05) is 20.7 Å². The lowest BCUT2D eigenvalue weighted by atomic mass is 10.1. The van der Waals surface area contributed by atoms with E-state index in [2.05, 4.69) is 5.32 Å². The highest BCUT2D eigenvalue weighted by atomic mass is 35.5. The molecule has 4 heteroatoms. The number of nitrogens with one attached hydrogen (secondary N) is 1. The minimum Gasteiger partial charge on any atom is -0.496 e. The Morgan fingerprint density at radius 3 is 2.50 bits per heavy atom. The predicted molar refractivity (Wildman–Crippen MR) is 60.6 cm³/mol. The smallest absolute Gasteiger partial charge is 0.123 e. The van der Waals surface area contributed by atoms with Crippen LogP contribution in [0.25, 0.3) is 0 Å². The van der Waals surface area contributed by atoms with Crippen molar-refractivity contribution < 1.29 is 4.74 Å². The molecule has 0 saturated carbocycles. The second kappa shape index (κ2) is 5.44. The van der Waals surface area contributed by atoms with Crippen LogP contribution in [0.3, 0.4) is 0 Å². The minimum absolute atomic E-state index is 0.525.